The number of aryl methyl sites for hydroxylation is 1. The lowest BCUT2D eigenvalue weighted by Crippen LogP contribution is -2.20. The van der Waals surface area contributed by atoms with Gasteiger partial charge in [0.2, 0.25) is 0 Å². The maximum atomic E-state index is 11.3. The first-order chi connectivity index (χ1) is 12.0. The molecule has 2 aromatic rings. The van der Waals surface area contributed by atoms with E-state index < -0.39 is 0 Å². The van der Waals surface area contributed by atoms with Crippen LogP contribution >= 0.6 is 11.3 Å². The third-order valence-electron chi connectivity index (χ3n) is 4.13. The van der Waals surface area contributed by atoms with Gasteiger partial charge in [-0.2, -0.15) is 0 Å². The molecule has 6 nitrogen and oxygen atoms in total. The molecule has 0 radical (unpaired) electrons. The third kappa shape index (κ3) is 5.06. The maximum Gasteiger partial charge on any atom is 0.305 e. The van der Waals surface area contributed by atoms with Gasteiger partial charge in [-0.1, -0.05) is 0 Å². The Morgan fingerprint density at radius 1 is 1.40 bits per heavy atom. The van der Waals surface area contributed by atoms with Gasteiger partial charge in [0.05, 0.1) is 19.4 Å². The zero-order chi connectivity index (χ0) is 18.4. The minimum atomic E-state index is -0.164. The summed E-state index contributed by atoms with van der Waals surface area (Å²) in [6.45, 7) is 7.69. The highest BCUT2D eigenvalue weighted by molar-refractivity contribution is 7.14. The van der Waals surface area contributed by atoms with Crippen LogP contribution in [0.2, 0.25) is 0 Å². The van der Waals surface area contributed by atoms with Crippen LogP contribution in [0.25, 0.3) is 11.3 Å². The number of carbonyl (C=O) groups is 1. The second kappa shape index (κ2) is 9.01. The molecule has 0 aliphatic carbocycles. The molecule has 0 aromatic carbocycles. The molecule has 0 aliphatic rings. The molecule has 2 aromatic heterocycles. The number of methoxy groups -OCH3 is 2. The van der Waals surface area contributed by atoms with Crippen LogP contribution < -0.4 is 5.32 Å². The number of nitrogens with one attached hydrogen (secondary N) is 1. The Kier molecular flexibility index (Phi) is 7.01. The lowest BCUT2D eigenvalue weighted by atomic mass is 10.2. The van der Waals surface area contributed by atoms with Gasteiger partial charge in [0.1, 0.15) is 0 Å². The molecular weight excluding hydrogens is 338 g/mol. The number of ether oxygens (including phenoxy) is 2. The van der Waals surface area contributed by atoms with Gasteiger partial charge < -0.3 is 19.4 Å². The largest absolute Gasteiger partial charge is 0.469 e. The van der Waals surface area contributed by atoms with E-state index in [1.54, 1.807) is 18.4 Å². The third-order valence-corrected chi connectivity index (χ3v) is 4.90. The summed E-state index contributed by atoms with van der Waals surface area (Å²) in [6, 6.07) is 2.37. The van der Waals surface area contributed by atoms with Crippen LogP contribution in [0.1, 0.15) is 31.2 Å². The van der Waals surface area contributed by atoms with Crippen LogP contribution in [0.5, 0.6) is 0 Å². The Bertz CT molecular complexity index is 708. The molecule has 7 heteroatoms. The lowest BCUT2D eigenvalue weighted by molar-refractivity contribution is -0.140. The van der Waals surface area contributed by atoms with Crippen molar-refractivity contribution in [1.82, 2.24) is 9.55 Å². The second-order valence-electron chi connectivity index (χ2n) is 6.15. The van der Waals surface area contributed by atoms with Gasteiger partial charge in [-0.05, 0) is 33.3 Å². The van der Waals surface area contributed by atoms with Crippen LogP contribution in [-0.4, -0.2) is 42.4 Å². The van der Waals surface area contributed by atoms with Crippen molar-refractivity contribution in [3.8, 4) is 11.3 Å². The average molecular weight is 365 g/mol. The van der Waals surface area contributed by atoms with Crippen molar-refractivity contribution in [3.05, 3.63) is 22.8 Å². The average Bonchev–Trinajstić information content (AvgIpc) is 3.13. The van der Waals surface area contributed by atoms with Crippen molar-refractivity contribution in [1.29, 1.82) is 0 Å². The molecule has 2 rings (SSSR count). The number of thiazole rings is 1. The van der Waals surface area contributed by atoms with Crippen LogP contribution in [0.3, 0.4) is 0 Å². The van der Waals surface area contributed by atoms with Crippen molar-refractivity contribution < 1.29 is 14.3 Å². The molecule has 0 unspecified atom stereocenters. The highest BCUT2D eigenvalue weighted by atomic mass is 32.1. The van der Waals surface area contributed by atoms with Gasteiger partial charge in [-0.15, -0.1) is 11.3 Å². The summed E-state index contributed by atoms with van der Waals surface area (Å²) in [5, 5.41) is 6.32. The Labute approximate surface area is 153 Å². The highest BCUT2D eigenvalue weighted by Crippen LogP contribution is 2.30. The van der Waals surface area contributed by atoms with E-state index in [1.165, 1.54) is 18.5 Å². The Morgan fingerprint density at radius 2 is 2.16 bits per heavy atom. The summed E-state index contributed by atoms with van der Waals surface area (Å²) in [4.78, 5) is 16.0. The number of hydrogen-bond donors (Lipinski definition) is 1. The zero-order valence-electron chi connectivity index (χ0n) is 15.6. The van der Waals surface area contributed by atoms with Crippen molar-refractivity contribution in [2.75, 3.05) is 26.1 Å². The number of anilines is 1. The molecule has 0 saturated carbocycles. The van der Waals surface area contributed by atoms with Gasteiger partial charge in [0.25, 0.3) is 0 Å². The minimum absolute atomic E-state index is 0.164. The fourth-order valence-corrected chi connectivity index (χ4v) is 3.68. The summed E-state index contributed by atoms with van der Waals surface area (Å²) in [5.41, 5.74) is 4.46. The van der Waals surface area contributed by atoms with E-state index in [2.05, 4.69) is 42.1 Å². The molecule has 0 amide bonds. The molecule has 2 heterocycles. The number of aromatic nitrogens is 2. The predicted octanol–water partition coefficient (Wildman–Crippen LogP) is 3.63. The molecule has 25 heavy (non-hydrogen) atoms. The van der Waals surface area contributed by atoms with Crippen molar-refractivity contribution >= 4 is 22.4 Å². The number of esters is 1. The zero-order valence-corrected chi connectivity index (χ0v) is 16.4. The Morgan fingerprint density at radius 3 is 2.84 bits per heavy atom. The summed E-state index contributed by atoms with van der Waals surface area (Å²) in [7, 11) is 3.12. The second-order valence-corrected chi connectivity index (χ2v) is 7.01. The van der Waals surface area contributed by atoms with Crippen LogP contribution in [0, 0.1) is 13.8 Å². The Balaban J connectivity index is 2.09. The molecule has 0 fully saturated rings. The first-order valence-electron chi connectivity index (χ1n) is 8.41. The highest BCUT2D eigenvalue weighted by Gasteiger charge is 2.14. The monoisotopic (exact) mass is 365 g/mol. The van der Waals surface area contributed by atoms with Crippen molar-refractivity contribution in [2.45, 2.75) is 46.2 Å². The summed E-state index contributed by atoms with van der Waals surface area (Å²) in [5.74, 6) is -0.164. The quantitative estimate of drug-likeness (QED) is 0.688. The van der Waals surface area contributed by atoms with Gasteiger partial charge in [-0.3, -0.25) is 4.79 Å². The van der Waals surface area contributed by atoms with E-state index in [4.69, 9.17) is 14.5 Å². The van der Waals surface area contributed by atoms with Crippen LogP contribution in [0.15, 0.2) is 11.4 Å². The first kappa shape index (κ1) is 19.5. The van der Waals surface area contributed by atoms with E-state index in [0.29, 0.717) is 13.0 Å². The molecule has 1 atom stereocenters. The smallest absolute Gasteiger partial charge is 0.305 e. The van der Waals surface area contributed by atoms with Gasteiger partial charge >= 0.3 is 5.97 Å². The summed E-state index contributed by atoms with van der Waals surface area (Å²) >= 11 is 1.60. The fourth-order valence-electron chi connectivity index (χ4n) is 2.85. The first-order valence-corrected chi connectivity index (χ1v) is 9.29. The standard InChI is InChI=1S/C18H27N3O3S/c1-12(10-23-4)19-18-20-16(11-25-18)15-9-13(2)21(14(15)3)8-6-7-17(22)24-5/h9,11-12H,6-8,10H2,1-5H3,(H,19,20)/t12-/m1/s1. The number of carbonyl (C=O) groups excluding carboxylic acids is 1. The van der Waals surface area contributed by atoms with Crippen molar-refractivity contribution in [2.24, 2.45) is 0 Å². The fraction of sp³-hybridized carbons (Fsp3) is 0.556. The van der Waals surface area contributed by atoms with Gasteiger partial charge in [-0.25, -0.2) is 4.98 Å². The lowest BCUT2D eigenvalue weighted by Gasteiger charge is -2.10. The molecule has 0 aliphatic heterocycles. The van der Waals surface area contributed by atoms with E-state index in [-0.39, 0.29) is 12.0 Å². The molecule has 0 bridgehead atoms. The Hall–Kier alpha value is -1.86. The van der Waals surface area contributed by atoms with Crippen LogP contribution in [0.4, 0.5) is 5.13 Å². The van der Waals surface area contributed by atoms with Gasteiger partial charge in [0.15, 0.2) is 5.13 Å². The summed E-state index contributed by atoms with van der Waals surface area (Å²) in [6.07, 6.45) is 1.20. The molecule has 1 N–H and O–H groups in total. The van der Waals surface area contributed by atoms with E-state index in [0.717, 1.165) is 29.4 Å². The SMILES string of the molecule is COC[C@@H](C)Nc1nc(-c2cc(C)n(CCCC(=O)OC)c2C)cs1. The van der Waals surface area contributed by atoms with Crippen LogP contribution in [-0.2, 0) is 20.8 Å². The molecule has 0 saturated heterocycles. The maximum absolute atomic E-state index is 11.3. The minimum Gasteiger partial charge on any atom is -0.469 e. The molecule has 138 valence electrons. The number of hydrogen-bond acceptors (Lipinski definition) is 6. The molecule has 0 spiro atoms. The van der Waals surface area contributed by atoms with Crippen molar-refractivity contribution in [3.63, 3.8) is 0 Å². The normalized spacial score (nSPS) is 12.2. The van der Waals surface area contributed by atoms with E-state index >= 15 is 0 Å². The molecular formula is C18H27N3O3S. The van der Waals surface area contributed by atoms with E-state index in [9.17, 15) is 4.79 Å². The number of rotatable bonds is 9. The summed E-state index contributed by atoms with van der Waals surface area (Å²) < 4.78 is 12.1. The number of nitrogens with zero attached hydrogens (tertiary/aromatic N) is 2. The predicted molar refractivity (Wildman–Crippen MR) is 101 cm³/mol. The van der Waals surface area contributed by atoms with Gasteiger partial charge in [0, 0.05) is 48.4 Å². The topological polar surface area (TPSA) is 65.4 Å². The van der Waals surface area contributed by atoms with E-state index in [1.807, 2.05) is 0 Å².